The summed E-state index contributed by atoms with van der Waals surface area (Å²) in [6, 6.07) is 6.15. The van der Waals surface area contributed by atoms with E-state index in [2.05, 4.69) is 22.0 Å². The van der Waals surface area contributed by atoms with Gasteiger partial charge in [0.15, 0.2) is 0 Å². The Balaban J connectivity index is 0.000000845. The van der Waals surface area contributed by atoms with Crippen molar-refractivity contribution in [3.63, 3.8) is 0 Å². The molecule has 0 unspecified atom stereocenters. The topological polar surface area (TPSA) is 17.1 Å². The number of halogens is 1. The minimum Gasteiger partial charge on any atom is -0.299 e. The summed E-state index contributed by atoms with van der Waals surface area (Å²) in [6.07, 6.45) is 2.25. The number of carbonyl (C=O) groups is 1. The molecule has 1 aliphatic rings. The van der Waals surface area contributed by atoms with Gasteiger partial charge in [0.1, 0.15) is 5.78 Å². The molecule has 3 heteroatoms. The average Bonchev–Trinajstić information content (AvgIpc) is 2.05. The predicted octanol–water partition coefficient (Wildman–Crippen LogP) is 2.13. The third-order valence-corrected chi connectivity index (χ3v) is 2.72. The van der Waals surface area contributed by atoms with E-state index in [-0.39, 0.29) is 18.9 Å². The molecule has 0 bridgehead atoms. The van der Waals surface area contributed by atoms with Gasteiger partial charge >= 0.3 is 0 Å². The molecule has 1 aromatic carbocycles. The van der Waals surface area contributed by atoms with Crippen LogP contribution in [0.25, 0.3) is 0 Å². The molecule has 1 radical (unpaired) electrons. The molecule has 0 aromatic heterocycles. The normalized spacial score (nSPS) is 14.7. The Morgan fingerprint density at radius 2 is 1.92 bits per heavy atom. The molecule has 0 spiro atoms. The largest absolute Gasteiger partial charge is 0.299 e. The number of rotatable bonds is 0. The maximum atomic E-state index is 11.1. The Morgan fingerprint density at radius 3 is 2.69 bits per heavy atom. The Hall–Kier alpha value is -0.0326. The van der Waals surface area contributed by atoms with E-state index in [1.165, 1.54) is 11.1 Å². The number of Topliss-reactive ketones (excluding diaryl/α,β-unsaturated/α-hetero) is 1. The van der Waals surface area contributed by atoms with E-state index in [4.69, 9.17) is 0 Å². The van der Waals surface area contributed by atoms with Crippen molar-refractivity contribution in [2.45, 2.75) is 19.3 Å². The molecule has 0 aliphatic heterocycles. The zero-order valence-electron chi connectivity index (χ0n) is 7.64. The summed E-state index contributed by atoms with van der Waals surface area (Å²) in [5.41, 5.74) is 2.53. The molecule has 1 nitrogen and oxygen atoms in total. The Kier molecular flexibility index (Phi) is 3.79. The van der Waals surface area contributed by atoms with Gasteiger partial charge in [-0.15, -0.1) is 0 Å². The number of hydrogen-bond donors (Lipinski definition) is 0. The number of hydrogen-bond acceptors (Lipinski definition) is 1. The third kappa shape index (κ3) is 2.46. The van der Waals surface area contributed by atoms with Crippen LogP contribution in [-0.4, -0.2) is 24.6 Å². The summed E-state index contributed by atoms with van der Waals surface area (Å²) in [6.45, 7) is 0. The van der Waals surface area contributed by atoms with Gasteiger partial charge in [-0.2, -0.15) is 0 Å². The summed E-state index contributed by atoms with van der Waals surface area (Å²) in [5, 5.41) is 0. The van der Waals surface area contributed by atoms with E-state index in [0.717, 1.165) is 10.9 Å². The van der Waals surface area contributed by atoms with E-state index in [1.807, 2.05) is 12.1 Å². The van der Waals surface area contributed by atoms with E-state index >= 15 is 0 Å². The minimum absolute atomic E-state index is 0. The molecule has 13 heavy (non-hydrogen) atoms. The van der Waals surface area contributed by atoms with E-state index in [1.54, 1.807) is 0 Å². The first-order valence-electron chi connectivity index (χ1n) is 4.05. The van der Waals surface area contributed by atoms with Crippen molar-refractivity contribution in [2.75, 3.05) is 0 Å². The predicted molar refractivity (Wildman–Crippen MR) is 56.9 cm³/mol. The first-order valence-corrected chi connectivity index (χ1v) is 4.84. The standard InChI is InChI=1S/C10H9BrO.Li/c11-9-3-1-8-6-10(12)4-2-7(8)5-9;/h1,3,5H,2,4,6H2;. The van der Waals surface area contributed by atoms with Crippen molar-refractivity contribution in [2.24, 2.45) is 0 Å². The van der Waals surface area contributed by atoms with Crippen LogP contribution in [0.4, 0.5) is 0 Å². The fourth-order valence-corrected chi connectivity index (χ4v) is 1.98. The maximum absolute atomic E-state index is 11.1. The van der Waals surface area contributed by atoms with Crippen LogP contribution in [0.5, 0.6) is 0 Å². The fraction of sp³-hybridized carbons (Fsp3) is 0.300. The van der Waals surface area contributed by atoms with Crippen molar-refractivity contribution in [3.8, 4) is 0 Å². The van der Waals surface area contributed by atoms with Crippen LogP contribution >= 0.6 is 15.9 Å². The quantitative estimate of drug-likeness (QED) is 0.626. The monoisotopic (exact) mass is 231 g/mol. The summed E-state index contributed by atoms with van der Waals surface area (Å²) >= 11 is 3.42. The van der Waals surface area contributed by atoms with Gasteiger partial charge in [-0.05, 0) is 29.7 Å². The molecular formula is C10H9BrLiO. The van der Waals surface area contributed by atoms with Crippen molar-refractivity contribution in [3.05, 3.63) is 33.8 Å². The number of benzene rings is 1. The zero-order valence-corrected chi connectivity index (χ0v) is 9.23. The first-order chi connectivity index (χ1) is 5.75. The number of carbonyl (C=O) groups excluding carboxylic acids is 1. The van der Waals surface area contributed by atoms with Crippen LogP contribution < -0.4 is 0 Å². The van der Waals surface area contributed by atoms with Crippen molar-refractivity contribution in [1.82, 2.24) is 0 Å². The van der Waals surface area contributed by atoms with Crippen LogP contribution in [-0.2, 0) is 17.6 Å². The van der Waals surface area contributed by atoms with Gasteiger partial charge in [-0.1, -0.05) is 22.0 Å². The van der Waals surface area contributed by atoms with Crippen LogP contribution in [0.1, 0.15) is 17.5 Å². The average molecular weight is 232 g/mol. The second-order valence-electron chi connectivity index (χ2n) is 3.13. The first kappa shape index (κ1) is 11.0. The van der Waals surface area contributed by atoms with E-state index < -0.39 is 0 Å². The van der Waals surface area contributed by atoms with Gasteiger partial charge in [0.2, 0.25) is 0 Å². The molecule has 2 rings (SSSR count). The van der Waals surface area contributed by atoms with Crippen LogP contribution in [0.2, 0.25) is 0 Å². The van der Waals surface area contributed by atoms with E-state index in [0.29, 0.717) is 18.6 Å². The molecule has 63 valence electrons. The molecule has 0 atom stereocenters. The van der Waals surface area contributed by atoms with Crippen molar-refractivity contribution in [1.29, 1.82) is 0 Å². The van der Waals surface area contributed by atoms with Gasteiger partial charge < -0.3 is 0 Å². The summed E-state index contributed by atoms with van der Waals surface area (Å²) in [7, 11) is 0. The molecule has 0 saturated carbocycles. The van der Waals surface area contributed by atoms with Gasteiger partial charge in [0, 0.05) is 36.2 Å². The number of aryl methyl sites for hydroxylation is 1. The molecular weight excluding hydrogens is 223 g/mol. The van der Waals surface area contributed by atoms with Gasteiger partial charge in [-0.3, -0.25) is 4.79 Å². The Labute approximate surface area is 98.2 Å². The molecule has 0 fully saturated rings. The summed E-state index contributed by atoms with van der Waals surface area (Å²) < 4.78 is 1.11. The SMILES string of the molecule is O=C1CCc2cc(Br)ccc2C1.[Li]. The molecule has 0 heterocycles. The van der Waals surface area contributed by atoms with E-state index in [9.17, 15) is 4.79 Å². The Morgan fingerprint density at radius 1 is 1.15 bits per heavy atom. The maximum Gasteiger partial charge on any atom is 0.137 e. The molecule has 0 amide bonds. The number of fused-ring (bicyclic) bond motifs is 1. The fourth-order valence-electron chi connectivity index (χ4n) is 1.57. The Bertz CT molecular complexity index is 336. The van der Waals surface area contributed by atoms with Crippen LogP contribution in [0.15, 0.2) is 22.7 Å². The molecule has 1 aliphatic carbocycles. The zero-order chi connectivity index (χ0) is 8.55. The van der Waals surface area contributed by atoms with Crippen LogP contribution in [0.3, 0.4) is 0 Å². The number of ketones is 1. The smallest absolute Gasteiger partial charge is 0.137 e. The van der Waals surface area contributed by atoms with Crippen molar-refractivity contribution >= 4 is 40.6 Å². The summed E-state index contributed by atoms with van der Waals surface area (Å²) in [5.74, 6) is 0.366. The molecule has 1 aromatic rings. The summed E-state index contributed by atoms with van der Waals surface area (Å²) in [4.78, 5) is 11.1. The molecule has 0 N–H and O–H groups in total. The molecule has 0 saturated heterocycles. The van der Waals surface area contributed by atoms with Crippen molar-refractivity contribution < 1.29 is 4.79 Å². The van der Waals surface area contributed by atoms with Gasteiger partial charge in [-0.25, -0.2) is 0 Å². The van der Waals surface area contributed by atoms with Gasteiger partial charge in [0.25, 0.3) is 0 Å². The second kappa shape index (κ2) is 4.46. The minimum atomic E-state index is 0. The van der Waals surface area contributed by atoms with Gasteiger partial charge in [0.05, 0.1) is 0 Å². The third-order valence-electron chi connectivity index (χ3n) is 2.23. The van der Waals surface area contributed by atoms with Crippen LogP contribution in [0, 0.1) is 0 Å². The second-order valence-corrected chi connectivity index (χ2v) is 4.04.